The Bertz CT molecular complexity index is 3860. The Morgan fingerprint density at radius 2 is 0.726 bits per heavy atom. The maximum atomic E-state index is 5.63. The molecule has 0 fully saturated rings. The molecular formula is C59H35N3. The van der Waals surface area contributed by atoms with Gasteiger partial charge >= 0.3 is 0 Å². The van der Waals surface area contributed by atoms with Gasteiger partial charge in [-0.05, 0) is 101 Å². The van der Waals surface area contributed by atoms with E-state index in [-0.39, 0.29) is 0 Å². The van der Waals surface area contributed by atoms with Gasteiger partial charge < -0.3 is 0 Å². The van der Waals surface area contributed by atoms with Crippen LogP contribution < -0.4 is 0 Å². The molecule has 286 valence electrons. The van der Waals surface area contributed by atoms with E-state index in [2.05, 4.69) is 212 Å². The number of fused-ring (bicyclic) bond motifs is 12. The van der Waals surface area contributed by atoms with Gasteiger partial charge in [0, 0.05) is 38.4 Å². The van der Waals surface area contributed by atoms with Gasteiger partial charge in [0.2, 0.25) is 0 Å². The summed E-state index contributed by atoms with van der Waals surface area (Å²) in [6.45, 7) is 0. The molecule has 0 saturated heterocycles. The molecule has 2 heterocycles. The molecule has 0 aliphatic heterocycles. The summed E-state index contributed by atoms with van der Waals surface area (Å²) in [5.74, 6) is 0.669. The summed E-state index contributed by atoms with van der Waals surface area (Å²) < 4.78 is 0. The third kappa shape index (κ3) is 5.35. The number of benzene rings is 11. The van der Waals surface area contributed by atoms with E-state index in [9.17, 15) is 0 Å². The van der Waals surface area contributed by atoms with Gasteiger partial charge in [0.05, 0.1) is 22.6 Å². The van der Waals surface area contributed by atoms with Crippen LogP contribution in [0.5, 0.6) is 0 Å². The third-order valence-corrected chi connectivity index (χ3v) is 12.8. The van der Waals surface area contributed by atoms with E-state index in [0.29, 0.717) is 5.82 Å². The van der Waals surface area contributed by atoms with Crippen molar-refractivity contribution in [2.24, 2.45) is 0 Å². The average Bonchev–Trinajstić information content (AvgIpc) is 3.35. The third-order valence-electron chi connectivity index (χ3n) is 12.8. The minimum atomic E-state index is 0.669. The summed E-state index contributed by atoms with van der Waals surface area (Å²) in [7, 11) is 0. The lowest BCUT2D eigenvalue weighted by Gasteiger charge is -2.18. The molecule has 13 aromatic rings. The summed E-state index contributed by atoms with van der Waals surface area (Å²) in [5, 5.41) is 17.5. The standard InChI is InChI=1S/C59H35N3/c1-2-16-37-31-40(30-29-36(37)15-1)58-53-34-52(47-25-11-12-26-48(47)57(53)49-27-13-14-28-54(49)60-58)59-61-55(50-32-38-17-3-5-19-41(38)43-21-7-9-23-45(43)50)35-56(62-59)51-33-39-18-4-6-20-42(39)44-22-8-10-24-46(44)51/h1-35H. The molecule has 2 aromatic heterocycles. The molecule has 0 bridgehead atoms. The molecule has 0 unspecified atom stereocenters. The highest BCUT2D eigenvalue weighted by molar-refractivity contribution is 6.25. The Labute approximate surface area is 357 Å². The highest BCUT2D eigenvalue weighted by atomic mass is 14.9. The fourth-order valence-corrected chi connectivity index (χ4v) is 9.93. The zero-order valence-corrected chi connectivity index (χ0v) is 33.5. The Morgan fingerprint density at radius 3 is 1.34 bits per heavy atom. The molecule has 0 atom stereocenters. The van der Waals surface area contributed by atoms with Crippen LogP contribution in [-0.2, 0) is 0 Å². The van der Waals surface area contributed by atoms with Crippen LogP contribution >= 0.6 is 0 Å². The molecule has 0 spiro atoms. The molecule has 0 amide bonds. The zero-order valence-electron chi connectivity index (χ0n) is 33.5. The molecular weight excluding hydrogens is 751 g/mol. The highest BCUT2D eigenvalue weighted by Crippen LogP contribution is 2.44. The van der Waals surface area contributed by atoms with Crippen LogP contribution in [0, 0.1) is 0 Å². The Morgan fingerprint density at radius 1 is 0.258 bits per heavy atom. The topological polar surface area (TPSA) is 38.7 Å². The van der Waals surface area contributed by atoms with E-state index in [1.54, 1.807) is 0 Å². The fourth-order valence-electron chi connectivity index (χ4n) is 9.93. The Hall–Kier alpha value is -8.27. The maximum absolute atomic E-state index is 5.63. The van der Waals surface area contributed by atoms with E-state index in [4.69, 9.17) is 15.0 Å². The van der Waals surface area contributed by atoms with Crippen molar-refractivity contribution in [2.45, 2.75) is 0 Å². The number of hydrogen-bond acceptors (Lipinski definition) is 3. The molecule has 62 heavy (non-hydrogen) atoms. The second kappa shape index (κ2) is 13.6. The number of rotatable bonds is 4. The van der Waals surface area contributed by atoms with Crippen LogP contribution in [0.15, 0.2) is 212 Å². The summed E-state index contributed by atoms with van der Waals surface area (Å²) >= 11 is 0. The maximum Gasteiger partial charge on any atom is 0.161 e. The first-order valence-corrected chi connectivity index (χ1v) is 21.2. The monoisotopic (exact) mass is 785 g/mol. The minimum Gasteiger partial charge on any atom is -0.247 e. The average molecular weight is 786 g/mol. The van der Waals surface area contributed by atoms with Crippen molar-refractivity contribution in [3.8, 4) is 45.2 Å². The normalized spacial score (nSPS) is 11.9. The molecule has 3 nitrogen and oxygen atoms in total. The Balaban J connectivity index is 1.17. The van der Waals surface area contributed by atoms with Crippen LogP contribution in [0.4, 0.5) is 0 Å². The Kier molecular flexibility index (Phi) is 7.60. The lowest BCUT2D eigenvalue weighted by atomic mass is 9.91. The first-order chi connectivity index (χ1) is 30.7. The van der Waals surface area contributed by atoms with Crippen molar-refractivity contribution in [1.29, 1.82) is 0 Å². The van der Waals surface area contributed by atoms with Crippen LogP contribution in [-0.4, -0.2) is 15.0 Å². The highest BCUT2D eigenvalue weighted by Gasteiger charge is 2.21. The molecule has 0 N–H and O–H groups in total. The van der Waals surface area contributed by atoms with Crippen molar-refractivity contribution < 1.29 is 0 Å². The van der Waals surface area contributed by atoms with Crippen molar-refractivity contribution in [2.75, 3.05) is 0 Å². The van der Waals surface area contributed by atoms with E-state index >= 15 is 0 Å². The lowest BCUT2D eigenvalue weighted by Crippen LogP contribution is -1.99. The molecule has 11 aromatic carbocycles. The van der Waals surface area contributed by atoms with Gasteiger partial charge in [0.15, 0.2) is 5.82 Å². The fraction of sp³-hybridized carbons (Fsp3) is 0. The second-order valence-corrected chi connectivity index (χ2v) is 16.3. The van der Waals surface area contributed by atoms with E-state index in [1.165, 1.54) is 48.5 Å². The van der Waals surface area contributed by atoms with Gasteiger partial charge in [-0.2, -0.15) is 0 Å². The molecule has 0 radical (unpaired) electrons. The minimum absolute atomic E-state index is 0.669. The number of hydrogen-bond donors (Lipinski definition) is 0. The van der Waals surface area contributed by atoms with Gasteiger partial charge in [-0.15, -0.1) is 0 Å². The van der Waals surface area contributed by atoms with Crippen molar-refractivity contribution in [3.05, 3.63) is 212 Å². The van der Waals surface area contributed by atoms with Crippen LogP contribution in [0.3, 0.4) is 0 Å². The van der Waals surface area contributed by atoms with Gasteiger partial charge in [-0.3, -0.25) is 0 Å². The van der Waals surface area contributed by atoms with Crippen molar-refractivity contribution in [1.82, 2.24) is 15.0 Å². The van der Waals surface area contributed by atoms with Gasteiger partial charge in [0.1, 0.15) is 0 Å². The van der Waals surface area contributed by atoms with Crippen molar-refractivity contribution in [3.63, 3.8) is 0 Å². The van der Waals surface area contributed by atoms with E-state index in [0.717, 1.165) is 77.2 Å². The lowest BCUT2D eigenvalue weighted by molar-refractivity contribution is 1.19. The summed E-state index contributed by atoms with van der Waals surface area (Å²) in [6, 6.07) is 76.3. The first kappa shape index (κ1) is 34.6. The predicted octanol–water partition coefficient (Wildman–Crippen LogP) is 15.8. The number of pyridine rings is 1. The molecule has 0 saturated carbocycles. The smallest absolute Gasteiger partial charge is 0.161 e. The van der Waals surface area contributed by atoms with Crippen LogP contribution in [0.1, 0.15) is 0 Å². The molecule has 3 heteroatoms. The number of para-hydroxylation sites is 1. The van der Waals surface area contributed by atoms with Gasteiger partial charge in [-0.1, -0.05) is 176 Å². The van der Waals surface area contributed by atoms with Crippen LogP contribution in [0.25, 0.3) is 131 Å². The summed E-state index contributed by atoms with van der Waals surface area (Å²) in [6.07, 6.45) is 0. The molecule has 13 rings (SSSR count). The summed E-state index contributed by atoms with van der Waals surface area (Å²) in [4.78, 5) is 16.7. The largest absolute Gasteiger partial charge is 0.247 e. The SMILES string of the molecule is c1ccc2cc(-c3nc4ccccc4c4c3cc(-c3nc(-c5cc6ccccc6c6ccccc56)cc(-c5cc6ccccc6c6ccccc56)n3)c3ccccc34)ccc2c1. The van der Waals surface area contributed by atoms with E-state index in [1.807, 2.05) is 0 Å². The second-order valence-electron chi connectivity index (χ2n) is 16.3. The molecule has 0 aliphatic carbocycles. The summed E-state index contributed by atoms with van der Waals surface area (Å²) in [5.41, 5.74) is 7.83. The zero-order chi connectivity index (χ0) is 40.7. The van der Waals surface area contributed by atoms with Crippen molar-refractivity contribution >= 4 is 86.3 Å². The predicted molar refractivity (Wildman–Crippen MR) is 262 cm³/mol. The van der Waals surface area contributed by atoms with Gasteiger partial charge in [-0.25, -0.2) is 15.0 Å². The first-order valence-electron chi connectivity index (χ1n) is 21.2. The quantitative estimate of drug-likeness (QED) is 0.167. The van der Waals surface area contributed by atoms with Crippen LogP contribution in [0.2, 0.25) is 0 Å². The number of aromatic nitrogens is 3. The number of nitrogens with zero attached hydrogens (tertiary/aromatic N) is 3. The van der Waals surface area contributed by atoms with Gasteiger partial charge in [0.25, 0.3) is 0 Å². The molecule has 0 aliphatic rings. The van der Waals surface area contributed by atoms with E-state index < -0.39 is 0 Å².